The van der Waals surface area contributed by atoms with Crippen molar-refractivity contribution in [3.63, 3.8) is 0 Å². The van der Waals surface area contributed by atoms with Crippen LogP contribution in [0.3, 0.4) is 0 Å². The van der Waals surface area contributed by atoms with Gasteiger partial charge in [-0.05, 0) is 19.1 Å². The van der Waals surface area contributed by atoms with Gasteiger partial charge in [0, 0.05) is 4.90 Å². The molecule has 0 bridgehead atoms. The number of benzene rings is 3. The Kier molecular flexibility index (Phi) is 10.7. The maximum atomic E-state index is 12.8. The fraction of sp³-hybridized carbons (Fsp3) is 0.136. The second-order valence-corrected chi connectivity index (χ2v) is 7.77. The monoisotopic (exact) mass is 516 g/mol. The molecule has 3 rings (SSSR count). The Bertz CT molecular complexity index is 953. The molecule has 0 heterocycles. The molecule has 3 aromatic carbocycles. The molecule has 0 unspecified atom stereocenters. The Morgan fingerprint density at radius 2 is 1.28 bits per heavy atom. The van der Waals surface area contributed by atoms with Crippen molar-refractivity contribution in [3.05, 3.63) is 120 Å². The van der Waals surface area contributed by atoms with Crippen LogP contribution in [0, 0.1) is 14.4 Å². The van der Waals surface area contributed by atoms with Crippen molar-refractivity contribution in [2.75, 3.05) is 0 Å². The molecule has 0 fully saturated rings. The summed E-state index contributed by atoms with van der Waals surface area (Å²) in [4.78, 5) is 0.143. The van der Waals surface area contributed by atoms with E-state index in [9.17, 15) is 8.42 Å². The fourth-order valence-electron chi connectivity index (χ4n) is 2.73. The molecule has 1 N–H and O–H groups in total. The maximum absolute atomic E-state index is 12.8. The van der Waals surface area contributed by atoms with Crippen molar-refractivity contribution in [2.45, 2.75) is 23.9 Å². The van der Waals surface area contributed by atoms with Gasteiger partial charge in [0.2, 0.25) is 0 Å². The van der Waals surface area contributed by atoms with Crippen molar-refractivity contribution in [1.29, 1.82) is 0 Å². The van der Waals surface area contributed by atoms with Crippen LogP contribution in [0.5, 0.6) is 0 Å². The summed E-state index contributed by atoms with van der Waals surface area (Å²) >= 11 is 1.82. The van der Waals surface area contributed by atoms with E-state index < -0.39 is 22.1 Å². The first-order valence-corrected chi connectivity index (χ1v) is 12.1. The van der Waals surface area contributed by atoms with E-state index >= 15 is 0 Å². The Morgan fingerprint density at radius 3 is 1.76 bits per heavy atom. The molecule has 0 aliphatic carbocycles. The summed E-state index contributed by atoms with van der Waals surface area (Å²) in [6.45, 7) is 1.90. The van der Waals surface area contributed by atoms with E-state index in [1.54, 1.807) is 24.3 Å². The van der Waals surface area contributed by atoms with Crippen molar-refractivity contribution in [3.8, 4) is 0 Å². The van der Waals surface area contributed by atoms with E-state index in [0.717, 1.165) is 11.1 Å². The van der Waals surface area contributed by atoms with E-state index in [4.69, 9.17) is 5.73 Å². The number of nitrogens with zero attached hydrogens (tertiary/aromatic N) is 1. The summed E-state index contributed by atoms with van der Waals surface area (Å²) in [5.74, 6) is 0. The molecule has 7 heteroatoms. The Morgan fingerprint density at radius 1 is 0.828 bits per heavy atom. The number of rotatable bonds is 6. The summed E-state index contributed by atoms with van der Waals surface area (Å²) in [7, 11) is 0.696. The molecular formula is C22H23ClN2O2RuS. The van der Waals surface area contributed by atoms with Gasteiger partial charge >= 0.3 is 27.0 Å². The quantitative estimate of drug-likeness (QED) is 0.270. The summed E-state index contributed by atoms with van der Waals surface area (Å²) in [5, 5.41) is 0. The molecule has 0 aliphatic heterocycles. The zero-order chi connectivity index (χ0) is 20.6. The summed E-state index contributed by atoms with van der Waals surface area (Å²) < 4.78 is 29.8. The van der Waals surface area contributed by atoms with Crippen LogP contribution in [0.4, 0.5) is 0 Å². The third kappa shape index (κ3) is 7.02. The second kappa shape index (κ2) is 12.2. The summed E-state index contributed by atoms with van der Waals surface area (Å²) in [5.41, 5.74) is 11.0. The number of hydrogen-bond acceptors (Lipinski definition) is 2. The third-order valence-corrected chi connectivity index (χ3v) is 5.56. The van der Waals surface area contributed by atoms with E-state index in [1.807, 2.05) is 84.9 Å². The Balaban J connectivity index is 0.00000136. The van der Waals surface area contributed by atoms with Gasteiger partial charge in [-0.1, -0.05) is 89.5 Å². The van der Waals surface area contributed by atoms with Gasteiger partial charge in [-0.2, -0.15) is 0 Å². The SMILES string of the molecule is Cc1ccc(S(=O)(=O)[N-][C@H](c2ccccc2)[C@H]([NH-])c2ccccc2)cc1.[CH3-].[Cl][Ru+3]. The fourth-order valence-corrected chi connectivity index (χ4v) is 3.87. The van der Waals surface area contributed by atoms with E-state index in [2.05, 4.69) is 14.4 Å². The van der Waals surface area contributed by atoms with Gasteiger partial charge in [0.15, 0.2) is 0 Å². The molecule has 29 heavy (non-hydrogen) atoms. The van der Waals surface area contributed by atoms with E-state index in [1.165, 1.54) is 0 Å². The number of sulfonamides is 1. The van der Waals surface area contributed by atoms with Crippen molar-refractivity contribution in [2.24, 2.45) is 0 Å². The standard InChI is InChI=1S/C21H20N2O2S.CH3.ClH.Ru/c1-16-12-14-19(15-13-16)26(24,25)23-21(18-10-6-3-7-11-18)20(22)17-8-4-2-5-9-17;;;/h2-15,20-22H,1H3;1H3;1H;/q-2;-1;;+4/p-1/t20-,21-;;;/m1.../s1. The molecule has 4 nitrogen and oxygen atoms in total. The molecule has 2 atom stereocenters. The van der Waals surface area contributed by atoms with Gasteiger partial charge in [-0.3, -0.25) is 0 Å². The first-order valence-electron chi connectivity index (χ1n) is 8.45. The minimum atomic E-state index is -3.87. The van der Waals surface area contributed by atoms with Gasteiger partial charge in [-0.15, -0.1) is 12.1 Å². The number of aryl methyl sites for hydroxylation is 1. The number of nitrogens with one attached hydrogen (secondary N) is 1. The van der Waals surface area contributed by atoms with Gasteiger partial charge in [0.1, 0.15) is 10.0 Å². The molecule has 0 radical (unpaired) electrons. The average Bonchev–Trinajstić information content (AvgIpc) is 2.74. The zero-order valence-electron chi connectivity index (χ0n) is 16.1. The van der Waals surface area contributed by atoms with Crippen LogP contribution in [-0.4, -0.2) is 8.42 Å². The van der Waals surface area contributed by atoms with Gasteiger partial charge in [-0.25, -0.2) is 8.42 Å². The topological polar surface area (TPSA) is 72.0 Å². The van der Waals surface area contributed by atoms with Crippen molar-refractivity contribution in [1.82, 2.24) is 0 Å². The minimum absolute atomic E-state index is 0. The molecule has 0 saturated carbocycles. The summed E-state index contributed by atoms with van der Waals surface area (Å²) in [6.07, 6.45) is 0. The van der Waals surface area contributed by atoms with Crippen LogP contribution in [-0.2, 0) is 27.3 Å². The van der Waals surface area contributed by atoms with Crippen molar-refractivity contribution >= 4 is 19.7 Å². The van der Waals surface area contributed by atoms with Crippen LogP contribution in [0.25, 0.3) is 10.5 Å². The molecular weight excluding hydrogens is 493 g/mol. The zero-order valence-corrected chi connectivity index (χ0v) is 19.5. The van der Waals surface area contributed by atoms with Crippen LogP contribution >= 0.6 is 9.69 Å². The number of hydrogen-bond donors (Lipinski definition) is 0. The molecule has 0 amide bonds. The predicted molar refractivity (Wildman–Crippen MR) is 117 cm³/mol. The predicted octanol–water partition coefficient (Wildman–Crippen LogP) is 6.73. The molecule has 3 aromatic rings. The van der Waals surface area contributed by atoms with Crippen LogP contribution in [0.1, 0.15) is 28.8 Å². The molecule has 0 saturated heterocycles. The molecule has 154 valence electrons. The Labute approximate surface area is 188 Å². The van der Waals surface area contributed by atoms with E-state index in [0.29, 0.717) is 5.56 Å². The molecule has 0 aliphatic rings. The van der Waals surface area contributed by atoms with Gasteiger partial charge in [0.25, 0.3) is 0 Å². The van der Waals surface area contributed by atoms with Crippen LogP contribution < -0.4 is 0 Å². The van der Waals surface area contributed by atoms with Gasteiger partial charge < -0.3 is 17.9 Å². The molecule has 0 spiro atoms. The normalized spacial score (nSPS) is 12.7. The summed E-state index contributed by atoms with van der Waals surface area (Å²) in [6, 6.07) is 23.3. The number of halogens is 1. The molecule has 0 aromatic heterocycles. The second-order valence-electron chi connectivity index (χ2n) is 6.14. The Hall–Kier alpha value is -1.56. The van der Waals surface area contributed by atoms with Crippen LogP contribution in [0.15, 0.2) is 89.8 Å². The van der Waals surface area contributed by atoms with Gasteiger partial charge in [0.05, 0.1) is 0 Å². The first-order chi connectivity index (χ1) is 13.5. The van der Waals surface area contributed by atoms with E-state index in [-0.39, 0.29) is 12.3 Å². The van der Waals surface area contributed by atoms with Crippen molar-refractivity contribution < 1.29 is 25.7 Å². The third-order valence-electron chi connectivity index (χ3n) is 4.19. The average molecular weight is 516 g/mol. The van der Waals surface area contributed by atoms with Crippen LogP contribution in [0.2, 0.25) is 0 Å². The first kappa shape index (κ1) is 25.5.